The molecule has 0 unspecified atom stereocenters. The highest BCUT2D eigenvalue weighted by molar-refractivity contribution is 14.1. The molecule has 2 nitrogen and oxygen atoms in total. The molecule has 1 aliphatic heterocycles. The normalized spacial score (nSPS) is 18.7. The lowest BCUT2D eigenvalue weighted by molar-refractivity contribution is 0.0773. The first kappa shape index (κ1) is 12.0. The van der Waals surface area contributed by atoms with Crippen LogP contribution in [0.1, 0.15) is 35.2 Å². The third-order valence-corrected chi connectivity index (χ3v) is 4.81. The second-order valence-corrected chi connectivity index (χ2v) is 6.96. The van der Waals surface area contributed by atoms with E-state index in [9.17, 15) is 4.79 Å². The molecule has 0 N–H and O–H groups in total. The maximum absolute atomic E-state index is 12.3. The molecular formula is C13H13BrINO. The molecule has 90 valence electrons. The molecule has 1 aromatic rings. The number of carbonyl (C=O) groups excluding carboxylic acids is 1. The van der Waals surface area contributed by atoms with E-state index in [1.54, 1.807) is 0 Å². The van der Waals surface area contributed by atoms with Crippen LogP contribution in [-0.2, 0) is 6.54 Å². The van der Waals surface area contributed by atoms with E-state index in [4.69, 9.17) is 0 Å². The maximum atomic E-state index is 12.3. The largest absolute Gasteiger partial charge is 0.334 e. The van der Waals surface area contributed by atoms with E-state index in [1.165, 1.54) is 24.8 Å². The van der Waals surface area contributed by atoms with Gasteiger partial charge in [0.1, 0.15) is 0 Å². The van der Waals surface area contributed by atoms with E-state index in [-0.39, 0.29) is 5.91 Å². The minimum atomic E-state index is 0.220. The summed E-state index contributed by atoms with van der Waals surface area (Å²) in [6.45, 7) is 1.71. The molecule has 3 rings (SSSR count). The second-order valence-electron chi connectivity index (χ2n) is 4.88. The predicted molar refractivity (Wildman–Crippen MR) is 78.9 cm³/mol. The van der Waals surface area contributed by atoms with Gasteiger partial charge in [-0.3, -0.25) is 4.79 Å². The monoisotopic (exact) mass is 405 g/mol. The van der Waals surface area contributed by atoms with Gasteiger partial charge in [0.25, 0.3) is 5.91 Å². The SMILES string of the molecule is O=C1c2c(I)cc(Br)cc2CN1CCC1CC1. The Morgan fingerprint density at radius 3 is 2.88 bits per heavy atom. The van der Waals surface area contributed by atoms with Crippen molar-refractivity contribution in [2.24, 2.45) is 5.92 Å². The number of carbonyl (C=O) groups is 1. The zero-order valence-corrected chi connectivity index (χ0v) is 13.1. The number of nitrogens with zero attached hydrogens (tertiary/aromatic N) is 1. The van der Waals surface area contributed by atoms with Gasteiger partial charge >= 0.3 is 0 Å². The van der Waals surface area contributed by atoms with E-state index in [1.807, 2.05) is 11.0 Å². The van der Waals surface area contributed by atoms with Crippen LogP contribution >= 0.6 is 38.5 Å². The zero-order chi connectivity index (χ0) is 12.0. The van der Waals surface area contributed by atoms with Crippen molar-refractivity contribution in [2.45, 2.75) is 25.8 Å². The number of rotatable bonds is 3. The van der Waals surface area contributed by atoms with Crippen molar-refractivity contribution >= 4 is 44.4 Å². The first-order chi connectivity index (χ1) is 8.15. The minimum absolute atomic E-state index is 0.220. The third-order valence-electron chi connectivity index (χ3n) is 3.50. The number of fused-ring (bicyclic) bond motifs is 1. The smallest absolute Gasteiger partial charge is 0.255 e. The molecule has 1 saturated carbocycles. The summed E-state index contributed by atoms with van der Waals surface area (Å²) in [5.41, 5.74) is 2.09. The van der Waals surface area contributed by atoms with Crippen molar-refractivity contribution in [2.75, 3.05) is 6.54 Å². The zero-order valence-electron chi connectivity index (χ0n) is 9.38. The maximum Gasteiger partial charge on any atom is 0.255 e. The number of amides is 1. The lowest BCUT2D eigenvalue weighted by Crippen LogP contribution is -2.25. The Kier molecular flexibility index (Phi) is 3.19. The van der Waals surface area contributed by atoms with E-state index in [2.05, 4.69) is 44.6 Å². The van der Waals surface area contributed by atoms with E-state index >= 15 is 0 Å². The molecule has 1 aliphatic carbocycles. The predicted octanol–water partition coefficient (Wildman–Crippen LogP) is 3.81. The van der Waals surface area contributed by atoms with Crippen LogP contribution < -0.4 is 0 Å². The number of hydrogen-bond donors (Lipinski definition) is 0. The van der Waals surface area contributed by atoms with E-state index in [0.29, 0.717) is 0 Å². The number of halogens is 2. The molecule has 2 aliphatic rings. The summed E-state index contributed by atoms with van der Waals surface area (Å²) in [5.74, 6) is 1.11. The van der Waals surface area contributed by atoms with Crippen LogP contribution in [0.4, 0.5) is 0 Å². The summed E-state index contributed by atoms with van der Waals surface area (Å²) in [5, 5.41) is 0. The fraction of sp³-hybridized carbons (Fsp3) is 0.462. The summed E-state index contributed by atoms with van der Waals surface area (Å²) in [6.07, 6.45) is 3.90. The van der Waals surface area contributed by atoms with Crippen molar-refractivity contribution in [3.63, 3.8) is 0 Å². The highest BCUT2D eigenvalue weighted by Gasteiger charge is 2.31. The molecule has 1 amide bonds. The molecule has 4 heteroatoms. The molecule has 0 bridgehead atoms. The fourth-order valence-electron chi connectivity index (χ4n) is 2.35. The Labute approximate surface area is 123 Å². The Bertz CT molecular complexity index is 485. The lowest BCUT2D eigenvalue weighted by atomic mass is 10.1. The molecule has 0 atom stereocenters. The minimum Gasteiger partial charge on any atom is -0.334 e. The van der Waals surface area contributed by atoms with Gasteiger partial charge < -0.3 is 4.90 Å². The van der Waals surface area contributed by atoms with Crippen LogP contribution in [0.15, 0.2) is 16.6 Å². The summed E-state index contributed by atoms with van der Waals surface area (Å²) in [7, 11) is 0. The van der Waals surface area contributed by atoms with Crippen LogP contribution in [0.3, 0.4) is 0 Å². The number of benzene rings is 1. The summed E-state index contributed by atoms with van der Waals surface area (Å²) in [6, 6.07) is 4.09. The standard InChI is InChI=1S/C13H13BrINO/c14-10-5-9-7-16(4-3-8-1-2-8)13(17)12(9)11(15)6-10/h5-6,8H,1-4,7H2. The van der Waals surface area contributed by atoms with Crippen LogP contribution in [-0.4, -0.2) is 17.4 Å². The first-order valence-electron chi connectivity index (χ1n) is 5.92. The summed E-state index contributed by atoms with van der Waals surface area (Å²) >= 11 is 5.75. The van der Waals surface area contributed by atoms with Gasteiger partial charge in [-0.1, -0.05) is 28.8 Å². The van der Waals surface area contributed by atoms with Gasteiger partial charge in [0, 0.05) is 21.1 Å². The molecule has 17 heavy (non-hydrogen) atoms. The second kappa shape index (κ2) is 4.53. The van der Waals surface area contributed by atoms with Gasteiger partial charge in [-0.05, 0) is 52.6 Å². The lowest BCUT2D eigenvalue weighted by Gasteiger charge is -2.14. The van der Waals surface area contributed by atoms with Crippen LogP contribution in [0.5, 0.6) is 0 Å². The quantitative estimate of drug-likeness (QED) is 0.700. The van der Waals surface area contributed by atoms with Gasteiger partial charge in [0.2, 0.25) is 0 Å². The van der Waals surface area contributed by atoms with Gasteiger partial charge in [0.15, 0.2) is 0 Å². The van der Waals surface area contributed by atoms with Crippen molar-refractivity contribution in [3.8, 4) is 0 Å². The van der Waals surface area contributed by atoms with Crippen LogP contribution in [0, 0.1) is 9.49 Å². The molecule has 0 aromatic heterocycles. The van der Waals surface area contributed by atoms with Gasteiger partial charge in [0.05, 0.1) is 5.56 Å². The Morgan fingerprint density at radius 1 is 1.41 bits per heavy atom. The molecule has 0 radical (unpaired) electrons. The first-order valence-corrected chi connectivity index (χ1v) is 7.79. The average molecular weight is 406 g/mol. The number of hydrogen-bond acceptors (Lipinski definition) is 1. The summed E-state index contributed by atoms with van der Waals surface area (Å²) in [4.78, 5) is 14.3. The van der Waals surface area contributed by atoms with Crippen molar-refractivity contribution < 1.29 is 4.79 Å². The summed E-state index contributed by atoms with van der Waals surface area (Å²) < 4.78 is 2.13. The van der Waals surface area contributed by atoms with E-state index in [0.717, 1.165) is 32.6 Å². The Morgan fingerprint density at radius 2 is 2.18 bits per heavy atom. The molecule has 1 aromatic carbocycles. The molecular weight excluding hydrogens is 393 g/mol. The third kappa shape index (κ3) is 2.38. The fourth-order valence-corrected chi connectivity index (χ4v) is 4.20. The molecule has 0 saturated heterocycles. The topological polar surface area (TPSA) is 20.3 Å². The average Bonchev–Trinajstić information content (AvgIpc) is 3.01. The molecule has 0 spiro atoms. The molecule has 1 fully saturated rings. The van der Waals surface area contributed by atoms with E-state index < -0.39 is 0 Å². The van der Waals surface area contributed by atoms with Crippen molar-refractivity contribution in [1.29, 1.82) is 0 Å². The van der Waals surface area contributed by atoms with Gasteiger partial charge in [-0.2, -0.15) is 0 Å². The van der Waals surface area contributed by atoms with Crippen LogP contribution in [0.25, 0.3) is 0 Å². The van der Waals surface area contributed by atoms with Crippen molar-refractivity contribution in [3.05, 3.63) is 31.3 Å². The van der Waals surface area contributed by atoms with Crippen molar-refractivity contribution in [1.82, 2.24) is 4.90 Å². The molecule has 1 heterocycles. The highest BCUT2D eigenvalue weighted by atomic mass is 127. The Balaban J connectivity index is 1.81. The Hall–Kier alpha value is -0.100. The van der Waals surface area contributed by atoms with Gasteiger partial charge in [-0.25, -0.2) is 0 Å². The van der Waals surface area contributed by atoms with Gasteiger partial charge in [-0.15, -0.1) is 0 Å². The van der Waals surface area contributed by atoms with Crippen LogP contribution in [0.2, 0.25) is 0 Å². The highest BCUT2D eigenvalue weighted by Crippen LogP contribution is 2.35.